The molecular weight excluding hydrogens is 392 g/mol. The first-order valence-corrected chi connectivity index (χ1v) is 8.70. The Morgan fingerprint density at radius 2 is 1.87 bits per heavy atom. The molecule has 0 aliphatic carbocycles. The largest absolute Gasteiger partial charge is 0.493 e. The van der Waals surface area contributed by atoms with E-state index < -0.39 is 10.5 Å². The van der Waals surface area contributed by atoms with E-state index in [1.165, 1.54) is 25.5 Å². The number of hydrogen-bond acceptors (Lipinski definition) is 9. The van der Waals surface area contributed by atoms with Crippen LogP contribution in [0.1, 0.15) is 16.8 Å². The van der Waals surface area contributed by atoms with Crippen molar-refractivity contribution in [2.45, 2.75) is 6.42 Å². The second kappa shape index (κ2) is 9.28. The fraction of sp³-hybridized carbons (Fsp3) is 0.158. The number of rotatable bonds is 8. The van der Waals surface area contributed by atoms with E-state index in [-0.39, 0.29) is 23.8 Å². The van der Waals surface area contributed by atoms with Gasteiger partial charge in [-0.15, -0.1) is 10.2 Å². The van der Waals surface area contributed by atoms with Gasteiger partial charge in [0, 0.05) is 18.6 Å². The molecule has 11 heteroatoms. The van der Waals surface area contributed by atoms with E-state index in [1.807, 2.05) is 6.07 Å². The van der Waals surface area contributed by atoms with Crippen LogP contribution in [0.25, 0.3) is 0 Å². The van der Waals surface area contributed by atoms with Crippen molar-refractivity contribution < 1.29 is 14.4 Å². The maximum atomic E-state index is 12.3. The number of H-pyrrole nitrogens is 1. The molecule has 2 N–H and O–H groups in total. The number of non-ortho nitro benzene ring substituents is 1. The van der Waals surface area contributed by atoms with Crippen LogP contribution in [0.4, 0.5) is 11.6 Å². The Bertz CT molecular complexity index is 1130. The summed E-state index contributed by atoms with van der Waals surface area (Å²) in [6.45, 7) is 0. The number of hydrazone groups is 1. The first kappa shape index (κ1) is 20.5. The molecule has 1 aromatic heterocycles. The smallest absolute Gasteiger partial charge is 0.274 e. The minimum absolute atomic E-state index is 0.0135. The summed E-state index contributed by atoms with van der Waals surface area (Å²) < 4.78 is 10.5. The second-order valence-electron chi connectivity index (χ2n) is 6.03. The van der Waals surface area contributed by atoms with Gasteiger partial charge in [-0.2, -0.15) is 5.10 Å². The van der Waals surface area contributed by atoms with Gasteiger partial charge in [0.05, 0.1) is 25.4 Å². The average Bonchev–Trinajstić information content (AvgIpc) is 2.75. The van der Waals surface area contributed by atoms with Crippen LogP contribution < -0.4 is 20.5 Å². The number of ether oxygens (including phenoxy) is 2. The molecule has 0 atom stereocenters. The summed E-state index contributed by atoms with van der Waals surface area (Å²) in [5, 5.41) is 22.4. The molecule has 0 saturated carbocycles. The maximum absolute atomic E-state index is 12.3. The van der Waals surface area contributed by atoms with Crippen LogP contribution >= 0.6 is 0 Å². The van der Waals surface area contributed by atoms with Gasteiger partial charge in [0.25, 0.3) is 11.2 Å². The minimum Gasteiger partial charge on any atom is -0.493 e. The Kier molecular flexibility index (Phi) is 6.33. The van der Waals surface area contributed by atoms with Crippen molar-refractivity contribution in [2.75, 3.05) is 19.6 Å². The van der Waals surface area contributed by atoms with Crippen molar-refractivity contribution >= 4 is 17.9 Å². The van der Waals surface area contributed by atoms with Crippen molar-refractivity contribution in [2.24, 2.45) is 5.10 Å². The van der Waals surface area contributed by atoms with Crippen LogP contribution in [0.3, 0.4) is 0 Å². The van der Waals surface area contributed by atoms with Gasteiger partial charge in [-0.05, 0) is 35.4 Å². The quantitative estimate of drug-likeness (QED) is 0.326. The van der Waals surface area contributed by atoms with Gasteiger partial charge in [-0.25, -0.2) is 5.43 Å². The number of anilines is 1. The minimum atomic E-state index is -0.483. The van der Waals surface area contributed by atoms with Crippen LogP contribution in [0.5, 0.6) is 11.5 Å². The normalized spacial score (nSPS) is 10.7. The van der Waals surface area contributed by atoms with E-state index >= 15 is 0 Å². The lowest BCUT2D eigenvalue weighted by atomic mass is 10.1. The molecule has 2 aromatic carbocycles. The Labute approximate surface area is 170 Å². The molecule has 0 aliphatic rings. The summed E-state index contributed by atoms with van der Waals surface area (Å²) in [4.78, 5) is 25.0. The zero-order valence-corrected chi connectivity index (χ0v) is 16.2. The van der Waals surface area contributed by atoms with Gasteiger partial charge < -0.3 is 9.47 Å². The van der Waals surface area contributed by atoms with Crippen LogP contribution in [0.15, 0.2) is 52.4 Å². The predicted molar refractivity (Wildman–Crippen MR) is 109 cm³/mol. The number of hydrogen-bond donors (Lipinski definition) is 2. The van der Waals surface area contributed by atoms with Gasteiger partial charge in [-0.3, -0.25) is 19.9 Å². The van der Waals surface area contributed by atoms with Crippen LogP contribution in [0.2, 0.25) is 0 Å². The number of benzene rings is 2. The highest BCUT2D eigenvalue weighted by Crippen LogP contribution is 2.28. The fourth-order valence-electron chi connectivity index (χ4n) is 2.56. The Morgan fingerprint density at radius 1 is 1.13 bits per heavy atom. The van der Waals surface area contributed by atoms with E-state index in [4.69, 9.17) is 9.47 Å². The third-order valence-corrected chi connectivity index (χ3v) is 4.07. The molecule has 154 valence electrons. The molecule has 30 heavy (non-hydrogen) atoms. The molecule has 0 unspecified atom stereocenters. The number of aromatic amines is 1. The van der Waals surface area contributed by atoms with Crippen LogP contribution in [-0.4, -0.2) is 40.5 Å². The lowest BCUT2D eigenvalue weighted by Crippen LogP contribution is -2.18. The molecule has 0 spiro atoms. The van der Waals surface area contributed by atoms with Crippen molar-refractivity contribution in [1.82, 2.24) is 15.2 Å². The van der Waals surface area contributed by atoms with Gasteiger partial charge in [0.2, 0.25) is 5.95 Å². The monoisotopic (exact) mass is 410 g/mol. The molecule has 3 rings (SSSR count). The van der Waals surface area contributed by atoms with Gasteiger partial charge in [0.1, 0.15) is 5.69 Å². The number of aromatic nitrogens is 3. The maximum Gasteiger partial charge on any atom is 0.274 e. The Balaban J connectivity index is 1.66. The third-order valence-electron chi connectivity index (χ3n) is 4.07. The van der Waals surface area contributed by atoms with Crippen molar-refractivity contribution in [3.8, 4) is 11.5 Å². The van der Waals surface area contributed by atoms with E-state index in [1.54, 1.807) is 31.4 Å². The summed E-state index contributed by atoms with van der Waals surface area (Å²) in [6.07, 6.45) is 1.69. The summed E-state index contributed by atoms with van der Waals surface area (Å²) in [5.74, 6) is 1.21. The summed E-state index contributed by atoms with van der Waals surface area (Å²) >= 11 is 0. The molecule has 0 saturated heterocycles. The zero-order chi connectivity index (χ0) is 21.5. The third kappa shape index (κ3) is 4.95. The lowest BCUT2D eigenvalue weighted by molar-refractivity contribution is -0.384. The van der Waals surface area contributed by atoms with Gasteiger partial charge in [-0.1, -0.05) is 6.07 Å². The highest BCUT2D eigenvalue weighted by molar-refractivity contribution is 5.80. The molecule has 0 aliphatic heterocycles. The lowest BCUT2D eigenvalue weighted by Gasteiger charge is -2.09. The standard InChI is InChI=1S/C19H18N6O5/c1-29-16-8-5-13(10-17(16)30-2)9-15-18(26)21-19(24-22-15)23-20-11-12-3-6-14(7-4-12)25(27)28/h3-8,10-11H,9H2,1-2H3,(H2,21,23,24,26)/b20-11-. The summed E-state index contributed by atoms with van der Waals surface area (Å²) in [5.41, 5.74) is 3.81. The van der Waals surface area contributed by atoms with Crippen molar-refractivity contribution in [1.29, 1.82) is 0 Å². The zero-order valence-electron chi connectivity index (χ0n) is 16.2. The molecule has 1 heterocycles. The summed E-state index contributed by atoms with van der Waals surface area (Å²) in [7, 11) is 3.08. The number of nitrogens with zero attached hydrogens (tertiary/aromatic N) is 4. The number of methoxy groups -OCH3 is 2. The number of nitro benzene ring substituents is 1. The highest BCUT2D eigenvalue weighted by Gasteiger charge is 2.09. The number of nitro groups is 1. The van der Waals surface area contributed by atoms with E-state index in [2.05, 4.69) is 25.7 Å². The van der Waals surface area contributed by atoms with Crippen molar-refractivity contribution in [3.63, 3.8) is 0 Å². The summed E-state index contributed by atoms with van der Waals surface area (Å²) in [6, 6.07) is 11.1. The van der Waals surface area contributed by atoms with E-state index in [0.717, 1.165) is 5.56 Å². The fourth-order valence-corrected chi connectivity index (χ4v) is 2.56. The molecular formula is C19H18N6O5. The molecule has 0 bridgehead atoms. The van der Waals surface area contributed by atoms with Crippen LogP contribution in [0, 0.1) is 10.1 Å². The van der Waals surface area contributed by atoms with Crippen LogP contribution in [-0.2, 0) is 6.42 Å². The average molecular weight is 410 g/mol. The molecule has 0 amide bonds. The molecule has 11 nitrogen and oxygen atoms in total. The van der Waals surface area contributed by atoms with E-state index in [0.29, 0.717) is 17.1 Å². The first-order valence-electron chi connectivity index (χ1n) is 8.70. The Hall–Kier alpha value is -4.28. The van der Waals surface area contributed by atoms with Crippen molar-refractivity contribution in [3.05, 3.63) is 79.8 Å². The topological polar surface area (TPSA) is 145 Å². The molecule has 0 fully saturated rings. The second-order valence-corrected chi connectivity index (χ2v) is 6.03. The SMILES string of the molecule is COc1ccc(Cc2nnc(N/N=C\c3ccc([N+](=O)[O-])cc3)[nH]c2=O)cc1OC. The van der Waals surface area contributed by atoms with E-state index in [9.17, 15) is 14.9 Å². The molecule has 3 aromatic rings. The predicted octanol–water partition coefficient (Wildman–Crippen LogP) is 2.13. The Morgan fingerprint density at radius 3 is 2.50 bits per heavy atom. The van der Waals surface area contributed by atoms with Gasteiger partial charge in [0.15, 0.2) is 11.5 Å². The number of nitrogens with one attached hydrogen (secondary N) is 2. The highest BCUT2D eigenvalue weighted by atomic mass is 16.6. The molecule has 0 radical (unpaired) electrons. The van der Waals surface area contributed by atoms with Gasteiger partial charge >= 0.3 is 0 Å². The first-order chi connectivity index (χ1) is 14.5.